The summed E-state index contributed by atoms with van der Waals surface area (Å²) in [4.78, 5) is 16.7. The highest BCUT2D eigenvalue weighted by molar-refractivity contribution is 5.92. The average molecular weight is 344 g/mol. The number of methoxy groups -OCH3 is 2. The average Bonchev–Trinajstić information content (AvgIpc) is 3.08. The summed E-state index contributed by atoms with van der Waals surface area (Å²) >= 11 is 0. The van der Waals surface area contributed by atoms with Gasteiger partial charge in [-0.05, 0) is 19.9 Å². The SMILES string of the molecule is CCOc1c(OC)cccc1C1C(C(=O)OC)=C(C)Nc2ncnn21. The maximum atomic E-state index is 12.5. The van der Waals surface area contributed by atoms with E-state index in [1.54, 1.807) is 18.7 Å². The Morgan fingerprint density at radius 2 is 2.16 bits per heavy atom. The van der Waals surface area contributed by atoms with Crippen LogP contribution >= 0.6 is 0 Å². The highest BCUT2D eigenvalue weighted by Crippen LogP contribution is 2.42. The van der Waals surface area contributed by atoms with Gasteiger partial charge in [-0.3, -0.25) is 0 Å². The molecule has 8 nitrogen and oxygen atoms in total. The van der Waals surface area contributed by atoms with E-state index in [0.29, 0.717) is 35.3 Å². The number of rotatable bonds is 5. The van der Waals surface area contributed by atoms with Gasteiger partial charge >= 0.3 is 5.97 Å². The number of carbonyl (C=O) groups is 1. The minimum absolute atomic E-state index is 0.440. The Morgan fingerprint density at radius 3 is 2.84 bits per heavy atom. The van der Waals surface area contributed by atoms with Crippen LogP contribution in [0, 0.1) is 0 Å². The van der Waals surface area contributed by atoms with Crippen LogP contribution < -0.4 is 14.8 Å². The van der Waals surface area contributed by atoms with Gasteiger partial charge in [-0.2, -0.15) is 10.1 Å². The summed E-state index contributed by atoms with van der Waals surface area (Å²) in [6.45, 7) is 4.15. The van der Waals surface area contributed by atoms with Gasteiger partial charge in [0, 0.05) is 11.3 Å². The topological polar surface area (TPSA) is 87.5 Å². The number of esters is 1. The van der Waals surface area contributed by atoms with Gasteiger partial charge in [0.2, 0.25) is 5.95 Å². The molecule has 3 rings (SSSR count). The zero-order valence-corrected chi connectivity index (χ0v) is 14.6. The molecule has 1 aromatic carbocycles. The molecule has 2 heterocycles. The van der Waals surface area contributed by atoms with Crippen LogP contribution in [0.15, 0.2) is 35.8 Å². The third-order valence-corrected chi connectivity index (χ3v) is 4.01. The zero-order chi connectivity index (χ0) is 18.0. The maximum Gasteiger partial charge on any atom is 0.338 e. The molecule has 0 aliphatic carbocycles. The molecule has 0 saturated heterocycles. The summed E-state index contributed by atoms with van der Waals surface area (Å²) in [5, 5.41) is 7.36. The Morgan fingerprint density at radius 1 is 1.36 bits per heavy atom. The molecule has 1 aromatic heterocycles. The molecule has 132 valence electrons. The standard InChI is InChI=1S/C17H20N4O4/c1-5-25-15-11(7-6-8-12(15)23-3)14-13(16(22)24-4)10(2)20-17-18-9-19-21(14)17/h6-9,14H,5H2,1-4H3,(H,18,19,20). The van der Waals surface area contributed by atoms with Gasteiger partial charge in [-0.25, -0.2) is 9.48 Å². The smallest absolute Gasteiger partial charge is 0.338 e. The molecule has 8 heteroatoms. The summed E-state index contributed by atoms with van der Waals surface area (Å²) in [6, 6.07) is 5.00. The van der Waals surface area contributed by atoms with E-state index in [4.69, 9.17) is 14.2 Å². The number of nitrogens with one attached hydrogen (secondary N) is 1. The molecule has 25 heavy (non-hydrogen) atoms. The third-order valence-electron chi connectivity index (χ3n) is 4.01. The summed E-state index contributed by atoms with van der Waals surface area (Å²) in [5.41, 5.74) is 1.84. The normalized spacial score (nSPS) is 16.1. The Bertz CT molecular complexity index is 828. The first kappa shape index (κ1) is 16.8. The van der Waals surface area contributed by atoms with Crippen molar-refractivity contribution in [2.45, 2.75) is 19.9 Å². The molecule has 2 aromatic rings. The van der Waals surface area contributed by atoms with E-state index in [-0.39, 0.29) is 0 Å². The van der Waals surface area contributed by atoms with Crippen LogP contribution in [-0.2, 0) is 9.53 Å². The van der Waals surface area contributed by atoms with E-state index < -0.39 is 12.0 Å². The van der Waals surface area contributed by atoms with Crippen molar-refractivity contribution in [1.82, 2.24) is 14.8 Å². The van der Waals surface area contributed by atoms with Crippen LogP contribution in [0.25, 0.3) is 0 Å². The fourth-order valence-corrected chi connectivity index (χ4v) is 2.96. The lowest BCUT2D eigenvalue weighted by Gasteiger charge is -2.29. The number of benzene rings is 1. The largest absolute Gasteiger partial charge is 0.493 e. The Kier molecular flexibility index (Phi) is 4.60. The van der Waals surface area contributed by atoms with Crippen molar-refractivity contribution in [3.05, 3.63) is 41.4 Å². The monoisotopic (exact) mass is 344 g/mol. The van der Waals surface area contributed by atoms with Gasteiger partial charge in [-0.15, -0.1) is 0 Å². The number of hydrogen-bond donors (Lipinski definition) is 1. The number of anilines is 1. The molecule has 0 spiro atoms. The van der Waals surface area contributed by atoms with E-state index in [1.165, 1.54) is 13.4 Å². The van der Waals surface area contributed by atoms with Crippen molar-refractivity contribution in [2.75, 3.05) is 26.1 Å². The van der Waals surface area contributed by atoms with Gasteiger partial charge in [-0.1, -0.05) is 12.1 Å². The summed E-state index contributed by atoms with van der Waals surface area (Å²) in [7, 11) is 2.93. The number of nitrogens with zero attached hydrogens (tertiary/aromatic N) is 3. The number of ether oxygens (including phenoxy) is 3. The molecule has 1 aliphatic heterocycles. The van der Waals surface area contributed by atoms with Crippen molar-refractivity contribution in [2.24, 2.45) is 0 Å². The molecular formula is C17H20N4O4. The molecule has 0 radical (unpaired) electrons. The van der Waals surface area contributed by atoms with E-state index in [1.807, 2.05) is 25.1 Å². The van der Waals surface area contributed by atoms with E-state index in [9.17, 15) is 4.79 Å². The molecule has 0 bridgehead atoms. The highest BCUT2D eigenvalue weighted by atomic mass is 16.5. The van der Waals surface area contributed by atoms with Crippen LogP contribution in [-0.4, -0.2) is 41.6 Å². The van der Waals surface area contributed by atoms with Crippen molar-refractivity contribution in [1.29, 1.82) is 0 Å². The number of hydrogen-bond acceptors (Lipinski definition) is 7. The fraction of sp³-hybridized carbons (Fsp3) is 0.353. The first-order valence-corrected chi connectivity index (χ1v) is 7.87. The summed E-state index contributed by atoms with van der Waals surface area (Å²) in [5.74, 6) is 1.25. The summed E-state index contributed by atoms with van der Waals surface area (Å²) < 4.78 is 17.9. The van der Waals surface area contributed by atoms with Crippen molar-refractivity contribution < 1.29 is 19.0 Å². The predicted octanol–water partition coefficient (Wildman–Crippen LogP) is 2.15. The van der Waals surface area contributed by atoms with Crippen LogP contribution in [0.3, 0.4) is 0 Å². The maximum absolute atomic E-state index is 12.5. The number of fused-ring (bicyclic) bond motifs is 1. The minimum Gasteiger partial charge on any atom is -0.493 e. The van der Waals surface area contributed by atoms with Crippen molar-refractivity contribution in [3.63, 3.8) is 0 Å². The van der Waals surface area contributed by atoms with Crippen LogP contribution in [0.4, 0.5) is 5.95 Å². The summed E-state index contributed by atoms with van der Waals surface area (Å²) in [6.07, 6.45) is 1.43. The van der Waals surface area contributed by atoms with Gasteiger partial charge < -0.3 is 19.5 Å². The Labute approximate surface area is 145 Å². The fourth-order valence-electron chi connectivity index (χ4n) is 2.96. The number of aromatic nitrogens is 3. The number of para-hydroxylation sites is 1. The molecule has 1 unspecified atom stereocenters. The number of carbonyl (C=O) groups excluding carboxylic acids is 1. The molecule has 0 saturated carbocycles. The second-order valence-electron chi connectivity index (χ2n) is 5.40. The van der Waals surface area contributed by atoms with Crippen LogP contribution in [0.2, 0.25) is 0 Å². The Balaban J connectivity index is 2.25. The number of allylic oxidation sites excluding steroid dienone is 1. The van der Waals surface area contributed by atoms with E-state index in [2.05, 4.69) is 15.4 Å². The lowest BCUT2D eigenvalue weighted by molar-refractivity contribution is -0.136. The predicted molar refractivity (Wildman–Crippen MR) is 90.7 cm³/mol. The van der Waals surface area contributed by atoms with E-state index >= 15 is 0 Å². The molecular weight excluding hydrogens is 324 g/mol. The lowest BCUT2D eigenvalue weighted by Crippen LogP contribution is -2.29. The van der Waals surface area contributed by atoms with Crippen LogP contribution in [0.1, 0.15) is 25.5 Å². The molecule has 1 N–H and O–H groups in total. The molecule has 0 fully saturated rings. The van der Waals surface area contributed by atoms with Crippen LogP contribution in [0.5, 0.6) is 11.5 Å². The van der Waals surface area contributed by atoms with Gasteiger partial charge in [0.1, 0.15) is 12.4 Å². The first-order chi connectivity index (χ1) is 12.1. The Hall–Kier alpha value is -3.03. The lowest BCUT2D eigenvalue weighted by atomic mass is 9.94. The minimum atomic E-state index is -0.539. The molecule has 1 atom stereocenters. The molecule has 0 amide bonds. The van der Waals surface area contributed by atoms with E-state index in [0.717, 1.165) is 5.56 Å². The molecule has 1 aliphatic rings. The van der Waals surface area contributed by atoms with Gasteiger partial charge in [0.15, 0.2) is 11.5 Å². The second kappa shape index (κ2) is 6.84. The second-order valence-corrected chi connectivity index (χ2v) is 5.40. The van der Waals surface area contributed by atoms with Gasteiger partial charge in [0.25, 0.3) is 0 Å². The third kappa shape index (κ3) is 2.79. The zero-order valence-electron chi connectivity index (χ0n) is 14.6. The first-order valence-electron chi connectivity index (χ1n) is 7.87. The highest BCUT2D eigenvalue weighted by Gasteiger charge is 2.36. The van der Waals surface area contributed by atoms with Crippen molar-refractivity contribution >= 4 is 11.9 Å². The van der Waals surface area contributed by atoms with Crippen molar-refractivity contribution in [3.8, 4) is 11.5 Å². The van der Waals surface area contributed by atoms with Gasteiger partial charge in [0.05, 0.1) is 26.4 Å². The quantitative estimate of drug-likeness (QED) is 0.832.